The third-order valence-electron chi connectivity index (χ3n) is 6.02. The second kappa shape index (κ2) is 10.1. The van der Waals surface area contributed by atoms with Crippen LogP contribution in [0.4, 0.5) is 4.79 Å². The summed E-state index contributed by atoms with van der Waals surface area (Å²) in [6.07, 6.45) is -2.08. The fraction of sp³-hybridized carbons (Fsp3) is 0.500. The topological polar surface area (TPSA) is 132 Å². The summed E-state index contributed by atoms with van der Waals surface area (Å²) in [5.41, 5.74) is 4.01. The van der Waals surface area contributed by atoms with Gasteiger partial charge in [-0.15, -0.1) is 11.3 Å². The molecule has 2 heterocycles. The van der Waals surface area contributed by atoms with Crippen molar-refractivity contribution < 1.29 is 24.6 Å². The SMILES string of the molecule is Cc1ncsc1-c1ccc([C@H](C)NC(=O)[C@@H]2C[C@@H](O)CN2C(=O)C(NC(=O)O)C(C)(C)C)cc1. The van der Waals surface area contributed by atoms with E-state index in [2.05, 4.69) is 15.6 Å². The van der Waals surface area contributed by atoms with Crippen molar-refractivity contribution in [3.05, 3.63) is 41.0 Å². The van der Waals surface area contributed by atoms with Crippen LogP contribution in [0.2, 0.25) is 0 Å². The number of thiazole rings is 1. The largest absolute Gasteiger partial charge is 0.465 e. The number of aliphatic hydroxyl groups excluding tert-OH is 1. The molecule has 1 aromatic heterocycles. The third-order valence-corrected chi connectivity index (χ3v) is 7.00. The number of nitrogens with one attached hydrogen (secondary N) is 2. The monoisotopic (exact) mass is 488 g/mol. The number of aryl methyl sites for hydroxylation is 1. The predicted octanol–water partition coefficient (Wildman–Crippen LogP) is 2.94. The average Bonchev–Trinajstić information content (AvgIpc) is 3.36. The zero-order chi connectivity index (χ0) is 25.2. The molecule has 2 aromatic rings. The standard InChI is InChI=1S/C24H32N4O5S/c1-13(15-6-8-16(9-7-15)19-14(2)25-12-34-19)26-21(30)18-10-17(29)11-28(18)22(31)20(24(3,4)5)27-23(32)33/h6-9,12-13,17-18,20,27,29H,10-11H2,1-5H3,(H,26,30)(H,32,33)/t13-,17+,18-,20?/m0/s1. The minimum Gasteiger partial charge on any atom is -0.465 e. The fourth-order valence-electron chi connectivity index (χ4n) is 4.14. The number of carbonyl (C=O) groups is 3. The van der Waals surface area contributed by atoms with Crippen LogP contribution in [0.1, 0.15) is 51.4 Å². The molecule has 3 amide bonds. The third kappa shape index (κ3) is 5.74. The molecule has 1 saturated heterocycles. The van der Waals surface area contributed by atoms with Crippen LogP contribution in [0.25, 0.3) is 10.4 Å². The summed E-state index contributed by atoms with van der Waals surface area (Å²) in [5.74, 6) is -0.911. The van der Waals surface area contributed by atoms with Gasteiger partial charge in [0.15, 0.2) is 0 Å². The molecule has 10 heteroatoms. The van der Waals surface area contributed by atoms with E-state index in [1.54, 1.807) is 37.6 Å². The Morgan fingerprint density at radius 1 is 1.18 bits per heavy atom. The number of hydrogen-bond donors (Lipinski definition) is 4. The van der Waals surface area contributed by atoms with Gasteiger partial charge in [-0.3, -0.25) is 9.59 Å². The molecule has 34 heavy (non-hydrogen) atoms. The number of rotatable bonds is 6. The van der Waals surface area contributed by atoms with E-state index in [1.165, 1.54) is 4.90 Å². The Morgan fingerprint density at radius 2 is 1.82 bits per heavy atom. The Bertz CT molecular complexity index is 1050. The van der Waals surface area contributed by atoms with Gasteiger partial charge in [0, 0.05) is 13.0 Å². The Labute approximate surface area is 203 Å². The first-order valence-electron chi connectivity index (χ1n) is 11.2. The van der Waals surface area contributed by atoms with Crippen molar-refractivity contribution in [1.82, 2.24) is 20.5 Å². The van der Waals surface area contributed by atoms with Gasteiger partial charge in [0.05, 0.1) is 28.2 Å². The summed E-state index contributed by atoms with van der Waals surface area (Å²) >= 11 is 1.57. The first-order valence-corrected chi connectivity index (χ1v) is 12.0. The Hall–Kier alpha value is -2.98. The highest BCUT2D eigenvalue weighted by Gasteiger charge is 2.44. The van der Waals surface area contributed by atoms with Crippen LogP contribution in [0.5, 0.6) is 0 Å². The summed E-state index contributed by atoms with van der Waals surface area (Å²) in [6.45, 7) is 9.02. The highest BCUT2D eigenvalue weighted by molar-refractivity contribution is 7.13. The summed E-state index contributed by atoms with van der Waals surface area (Å²) < 4.78 is 0. The molecule has 184 valence electrons. The van der Waals surface area contributed by atoms with E-state index in [0.29, 0.717) is 0 Å². The zero-order valence-corrected chi connectivity index (χ0v) is 20.8. The maximum Gasteiger partial charge on any atom is 0.405 e. The number of β-amino-alcohol motifs (C(OH)–C–C–N with tert-alkyl or cyclic N) is 1. The molecule has 0 bridgehead atoms. The number of aliphatic hydroxyl groups is 1. The van der Waals surface area contributed by atoms with E-state index in [9.17, 15) is 24.6 Å². The van der Waals surface area contributed by atoms with Crippen molar-refractivity contribution in [2.24, 2.45) is 5.41 Å². The lowest BCUT2D eigenvalue weighted by atomic mass is 9.85. The summed E-state index contributed by atoms with van der Waals surface area (Å²) in [4.78, 5) is 44.3. The lowest BCUT2D eigenvalue weighted by Crippen LogP contribution is -2.57. The van der Waals surface area contributed by atoms with Crippen molar-refractivity contribution in [3.63, 3.8) is 0 Å². The molecule has 1 aliphatic heterocycles. The Morgan fingerprint density at radius 3 is 2.35 bits per heavy atom. The van der Waals surface area contributed by atoms with Gasteiger partial charge in [0.2, 0.25) is 11.8 Å². The van der Waals surface area contributed by atoms with Gasteiger partial charge in [0.1, 0.15) is 12.1 Å². The highest BCUT2D eigenvalue weighted by atomic mass is 32.1. The van der Waals surface area contributed by atoms with Crippen molar-refractivity contribution in [2.75, 3.05) is 6.54 Å². The predicted molar refractivity (Wildman–Crippen MR) is 129 cm³/mol. The van der Waals surface area contributed by atoms with Crippen LogP contribution in [-0.4, -0.2) is 62.7 Å². The number of aromatic nitrogens is 1. The lowest BCUT2D eigenvalue weighted by molar-refractivity contribution is -0.142. The van der Waals surface area contributed by atoms with E-state index in [0.717, 1.165) is 21.7 Å². The van der Waals surface area contributed by atoms with Crippen LogP contribution >= 0.6 is 11.3 Å². The number of carbonyl (C=O) groups excluding carboxylic acids is 2. The molecule has 0 aliphatic carbocycles. The molecule has 9 nitrogen and oxygen atoms in total. The highest BCUT2D eigenvalue weighted by Crippen LogP contribution is 2.29. The smallest absolute Gasteiger partial charge is 0.405 e. The van der Waals surface area contributed by atoms with E-state index in [1.807, 2.05) is 38.1 Å². The molecule has 1 unspecified atom stereocenters. The van der Waals surface area contributed by atoms with Gasteiger partial charge in [-0.1, -0.05) is 45.0 Å². The van der Waals surface area contributed by atoms with Gasteiger partial charge in [-0.25, -0.2) is 9.78 Å². The summed E-state index contributed by atoms with van der Waals surface area (Å²) in [7, 11) is 0. The minimum absolute atomic E-state index is 0.0257. The van der Waals surface area contributed by atoms with E-state index >= 15 is 0 Å². The molecule has 1 aromatic carbocycles. The van der Waals surface area contributed by atoms with Gasteiger partial charge in [-0.2, -0.15) is 0 Å². The minimum atomic E-state index is -1.32. The summed E-state index contributed by atoms with van der Waals surface area (Å²) in [6, 6.07) is 5.60. The molecule has 1 fully saturated rings. The second-order valence-corrected chi connectivity index (χ2v) is 10.6. The maximum atomic E-state index is 13.2. The normalized spacial score (nSPS) is 20.0. The van der Waals surface area contributed by atoms with Crippen molar-refractivity contribution in [3.8, 4) is 10.4 Å². The van der Waals surface area contributed by atoms with Crippen molar-refractivity contribution >= 4 is 29.2 Å². The van der Waals surface area contributed by atoms with Crippen LogP contribution < -0.4 is 10.6 Å². The molecule has 1 aliphatic rings. The van der Waals surface area contributed by atoms with Crippen LogP contribution in [0, 0.1) is 12.3 Å². The Kier molecular flexibility index (Phi) is 7.62. The zero-order valence-electron chi connectivity index (χ0n) is 20.0. The number of carboxylic acid groups (broad SMARTS) is 1. The lowest BCUT2D eigenvalue weighted by Gasteiger charge is -2.34. The molecule has 4 atom stereocenters. The van der Waals surface area contributed by atoms with Crippen molar-refractivity contribution in [2.45, 2.75) is 65.3 Å². The molecule has 0 saturated carbocycles. The van der Waals surface area contributed by atoms with Crippen LogP contribution in [0.15, 0.2) is 29.8 Å². The molecular formula is C24H32N4O5S. The number of nitrogens with zero attached hydrogens (tertiary/aromatic N) is 2. The molecule has 4 N–H and O–H groups in total. The molecular weight excluding hydrogens is 456 g/mol. The number of benzene rings is 1. The molecule has 0 spiro atoms. The van der Waals surface area contributed by atoms with Gasteiger partial charge < -0.3 is 25.7 Å². The summed E-state index contributed by atoms with van der Waals surface area (Å²) in [5, 5.41) is 24.6. The number of hydrogen-bond acceptors (Lipinski definition) is 6. The van der Waals surface area contributed by atoms with Crippen LogP contribution in [-0.2, 0) is 9.59 Å². The van der Waals surface area contributed by atoms with Crippen LogP contribution in [0.3, 0.4) is 0 Å². The molecule has 3 rings (SSSR count). The van der Waals surface area contributed by atoms with E-state index < -0.39 is 35.6 Å². The van der Waals surface area contributed by atoms with Gasteiger partial charge >= 0.3 is 6.09 Å². The average molecular weight is 489 g/mol. The first-order chi connectivity index (χ1) is 15.9. The van der Waals surface area contributed by atoms with E-state index in [-0.39, 0.29) is 24.9 Å². The van der Waals surface area contributed by atoms with Gasteiger partial charge in [-0.05, 0) is 30.4 Å². The quantitative estimate of drug-likeness (QED) is 0.494. The maximum absolute atomic E-state index is 13.2. The molecule has 0 radical (unpaired) electrons. The van der Waals surface area contributed by atoms with E-state index in [4.69, 9.17) is 0 Å². The fourth-order valence-corrected chi connectivity index (χ4v) is 4.95. The van der Waals surface area contributed by atoms with Gasteiger partial charge in [0.25, 0.3) is 0 Å². The number of amides is 3. The second-order valence-electron chi connectivity index (χ2n) is 9.76. The first kappa shape index (κ1) is 25.6. The Balaban J connectivity index is 1.72. The number of likely N-dealkylation sites (tertiary alicyclic amines) is 1. The van der Waals surface area contributed by atoms with Crippen molar-refractivity contribution in [1.29, 1.82) is 0 Å².